The molecule has 1 N–H and O–H groups in total. The summed E-state index contributed by atoms with van der Waals surface area (Å²) in [5.41, 5.74) is 1.54. The minimum Gasteiger partial charge on any atom is -0.478 e. The minimum absolute atomic E-state index is 0.104. The first-order valence-electron chi connectivity index (χ1n) is 5.68. The van der Waals surface area contributed by atoms with Crippen LogP contribution in [0.25, 0.3) is 22.0 Å². The van der Waals surface area contributed by atoms with E-state index in [0.717, 1.165) is 10.6 Å². The fraction of sp³-hybridized carbons (Fsp3) is 0. The van der Waals surface area contributed by atoms with Gasteiger partial charge < -0.3 is 9.52 Å². The van der Waals surface area contributed by atoms with Gasteiger partial charge in [-0.3, -0.25) is 0 Å². The van der Waals surface area contributed by atoms with Gasteiger partial charge in [0.2, 0.25) is 0 Å². The normalized spacial score (nSPS) is 10.7. The van der Waals surface area contributed by atoms with E-state index >= 15 is 0 Å². The Balaban J connectivity index is 1.98. The predicted molar refractivity (Wildman–Crippen MR) is 77.2 cm³/mol. The molecule has 0 unspecified atom stereocenters. The maximum absolute atomic E-state index is 10.8. The molecule has 0 aliphatic carbocycles. The highest BCUT2D eigenvalue weighted by atomic mass is 35.5. The van der Waals surface area contributed by atoms with Gasteiger partial charge in [-0.1, -0.05) is 29.8 Å². The van der Waals surface area contributed by atoms with Crippen LogP contribution in [0.4, 0.5) is 0 Å². The summed E-state index contributed by atoms with van der Waals surface area (Å²) in [6, 6.07) is 8.88. The van der Waals surface area contributed by atoms with Crippen LogP contribution in [-0.4, -0.2) is 16.1 Å². The van der Waals surface area contributed by atoms with Crippen LogP contribution in [0, 0.1) is 0 Å². The number of carboxylic acid groups (broad SMARTS) is 1. The number of nitrogens with zero attached hydrogens (tertiary/aromatic N) is 1. The lowest BCUT2D eigenvalue weighted by molar-refractivity contribution is 0.0696. The Morgan fingerprint density at radius 2 is 2.15 bits per heavy atom. The first-order chi connectivity index (χ1) is 9.65. The molecular formula is C14H8ClNO3S. The Morgan fingerprint density at radius 1 is 1.35 bits per heavy atom. The van der Waals surface area contributed by atoms with E-state index in [1.807, 2.05) is 23.6 Å². The topological polar surface area (TPSA) is 63.3 Å². The molecule has 0 fully saturated rings. The summed E-state index contributed by atoms with van der Waals surface area (Å²) in [4.78, 5) is 15.3. The molecule has 2 heterocycles. The fourth-order valence-electron chi connectivity index (χ4n) is 1.73. The van der Waals surface area contributed by atoms with Gasteiger partial charge in [0.25, 0.3) is 0 Å². The van der Waals surface area contributed by atoms with Gasteiger partial charge in [0, 0.05) is 17.0 Å². The van der Waals surface area contributed by atoms with Gasteiger partial charge in [-0.2, -0.15) is 0 Å². The standard InChI is InChI=1S/C14H8ClNO3S/c15-10-4-2-1-3-9(10)13-16-11(7-20-13)12-5-8(6-19-12)14(17)18/h1-7H,(H,17,18). The summed E-state index contributed by atoms with van der Waals surface area (Å²) in [6.07, 6.45) is 1.20. The summed E-state index contributed by atoms with van der Waals surface area (Å²) in [6.45, 7) is 0. The van der Waals surface area contributed by atoms with Gasteiger partial charge in [0.15, 0.2) is 5.76 Å². The molecule has 0 bridgehead atoms. The lowest BCUT2D eigenvalue weighted by Gasteiger charge is -1.98. The van der Waals surface area contributed by atoms with Crippen LogP contribution in [0.5, 0.6) is 0 Å². The molecule has 3 rings (SSSR count). The van der Waals surface area contributed by atoms with E-state index in [2.05, 4.69) is 4.98 Å². The molecule has 0 aliphatic heterocycles. The van der Waals surface area contributed by atoms with Gasteiger partial charge in [-0.15, -0.1) is 11.3 Å². The smallest absolute Gasteiger partial charge is 0.338 e. The van der Waals surface area contributed by atoms with Gasteiger partial charge in [-0.25, -0.2) is 9.78 Å². The zero-order valence-corrected chi connectivity index (χ0v) is 11.6. The third-order valence-corrected chi connectivity index (χ3v) is 3.91. The average molecular weight is 306 g/mol. The summed E-state index contributed by atoms with van der Waals surface area (Å²) < 4.78 is 5.22. The fourth-order valence-corrected chi connectivity index (χ4v) is 2.86. The largest absolute Gasteiger partial charge is 0.478 e. The van der Waals surface area contributed by atoms with E-state index in [1.54, 1.807) is 6.07 Å². The number of aromatic nitrogens is 1. The summed E-state index contributed by atoms with van der Waals surface area (Å²) in [5.74, 6) is -0.599. The number of rotatable bonds is 3. The van der Waals surface area contributed by atoms with Crippen molar-refractivity contribution in [2.24, 2.45) is 0 Å². The highest BCUT2D eigenvalue weighted by molar-refractivity contribution is 7.13. The molecule has 100 valence electrons. The van der Waals surface area contributed by atoms with Crippen LogP contribution >= 0.6 is 22.9 Å². The Hall–Kier alpha value is -2.11. The average Bonchev–Trinajstić information content (AvgIpc) is 3.08. The van der Waals surface area contributed by atoms with Crippen molar-refractivity contribution in [3.05, 3.63) is 52.6 Å². The highest BCUT2D eigenvalue weighted by Gasteiger charge is 2.14. The first-order valence-corrected chi connectivity index (χ1v) is 6.93. The second kappa shape index (κ2) is 5.11. The number of furan rings is 1. The van der Waals surface area contributed by atoms with Gasteiger partial charge >= 0.3 is 5.97 Å². The van der Waals surface area contributed by atoms with Crippen molar-refractivity contribution in [2.45, 2.75) is 0 Å². The molecule has 0 atom stereocenters. The Bertz CT molecular complexity index is 778. The lowest BCUT2D eigenvalue weighted by atomic mass is 10.2. The molecule has 6 heteroatoms. The quantitative estimate of drug-likeness (QED) is 0.778. The predicted octanol–water partition coefficient (Wildman–Crippen LogP) is 4.42. The molecule has 0 aliphatic rings. The molecule has 0 saturated heterocycles. The molecule has 0 saturated carbocycles. The van der Waals surface area contributed by atoms with E-state index in [4.69, 9.17) is 21.1 Å². The van der Waals surface area contributed by atoms with Crippen LogP contribution in [0.2, 0.25) is 5.02 Å². The molecule has 0 radical (unpaired) electrons. The van der Waals surface area contributed by atoms with Gasteiger partial charge in [-0.05, 0) is 6.07 Å². The molecule has 0 spiro atoms. The summed E-state index contributed by atoms with van der Waals surface area (Å²) >= 11 is 7.55. The number of carboxylic acids is 1. The second-order valence-electron chi connectivity index (χ2n) is 4.02. The van der Waals surface area contributed by atoms with E-state index in [1.165, 1.54) is 23.7 Å². The van der Waals surface area contributed by atoms with Crippen LogP contribution in [0.15, 0.2) is 46.4 Å². The Labute approximate surface area is 123 Å². The molecule has 2 aromatic heterocycles. The number of hydrogen-bond donors (Lipinski definition) is 1. The highest BCUT2D eigenvalue weighted by Crippen LogP contribution is 2.33. The molecule has 3 aromatic rings. The van der Waals surface area contributed by atoms with Crippen molar-refractivity contribution in [3.63, 3.8) is 0 Å². The zero-order valence-electron chi connectivity index (χ0n) is 10.0. The van der Waals surface area contributed by atoms with Crippen LogP contribution in [-0.2, 0) is 0 Å². The van der Waals surface area contributed by atoms with Crippen molar-refractivity contribution in [2.75, 3.05) is 0 Å². The number of hydrogen-bond acceptors (Lipinski definition) is 4. The first kappa shape index (κ1) is 12.9. The zero-order chi connectivity index (χ0) is 14.1. The molecule has 20 heavy (non-hydrogen) atoms. The minimum atomic E-state index is -1.03. The summed E-state index contributed by atoms with van der Waals surface area (Å²) in [5, 5.41) is 12.1. The molecular weight excluding hydrogens is 298 g/mol. The Morgan fingerprint density at radius 3 is 2.85 bits per heavy atom. The van der Waals surface area contributed by atoms with Crippen molar-refractivity contribution in [1.82, 2.24) is 4.98 Å². The maximum atomic E-state index is 10.8. The van der Waals surface area contributed by atoms with Gasteiger partial charge in [0.05, 0.1) is 10.6 Å². The third kappa shape index (κ3) is 2.33. The van der Waals surface area contributed by atoms with Gasteiger partial charge in [0.1, 0.15) is 17.0 Å². The lowest BCUT2D eigenvalue weighted by Crippen LogP contribution is -1.91. The van der Waals surface area contributed by atoms with Crippen LogP contribution in [0.3, 0.4) is 0 Å². The number of carbonyl (C=O) groups is 1. The number of thiazole rings is 1. The van der Waals surface area contributed by atoms with E-state index in [0.29, 0.717) is 16.5 Å². The second-order valence-corrected chi connectivity index (χ2v) is 5.29. The van der Waals surface area contributed by atoms with Crippen LogP contribution in [0.1, 0.15) is 10.4 Å². The number of halogens is 1. The number of benzene rings is 1. The van der Waals surface area contributed by atoms with E-state index < -0.39 is 5.97 Å². The van der Waals surface area contributed by atoms with E-state index in [-0.39, 0.29) is 5.56 Å². The van der Waals surface area contributed by atoms with E-state index in [9.17, 15) is 4.79 Å². The van der Waals surface area contributed by atoms with Crippen molar-refractivity contribution in [1.29, 1.82) is 0 Å². The third-order valence-electron chi connectivity index (χ3n) is 2.71. The van der Waals surface area contributed by atoms with Crippen molar-refractivity contribution < 1.29 is 14.3 Å². The molecule has 4 nitrogen and oxygen atoms in total. The maximum Gasteiger partial charge on any atom is 0.338 e. The summed E-state index contributed by atoms with van der Waals surface area (Å²) in [7, 11) is 0. The van der Waals surface area contributed by atoms with Crippen LogP contribution < -0.4 is 0 Å². The molecule has 0 amide bonds. The molecule has 1 aromatic carbocycles. The SMILES string of the molecule is O=C(O)c1coc(-c2csc(-c3ccccc3Cl)n2)c1. The monoisotopic (exact) mass is 305 g/mol. The van der Waals surface area contributed by atoms with Crippen molar-refractivity contribution in [3.8, 4) is 22.0 Å². The van der Waals surface area contributed by atoms with Crippen molar-refractivity contribution >= 4 is 28.9 Å². The number of aromatic carboxylic acids is 1. The Kier molecular flexibility index (Phi) is 3.30.